The Morgan fingerprint density at radius 2 is 1.17 bits per heavy atom. The predicted octanol–water partition coefficient (Wildman–Crippen LogP) is 1.25. The Morgan fingerprint density at radius 3 is 1.25 bits per heavy atom. The van der Waals surface area contributed by atoms with Crippen LogP contribution in [0.25, 0.3) is 0 Å². The van der Waals surface area contributed by atoms with E-state index >= 15 is 0 Å². The summed E-state index contributed by atoms with van der Waals surface area (Å²) in [6.07, 6.45) is 1.32. The smallest absolute Gasteiger partial charge is 0.0783 e. The number of quaternary nitrogens is 1. The van der Waals surface area contributed by atoms with E-state index in [1.54, 1.807) is 0 Å². The van der Waals surface area contributed by atoms with Gasteiger partial charge in [0.25, 0.3) is 0 Å². The molecule has 0 aliphatic carbocycles. The van der Waals surface area contributed by atoms with Gasteiger partial charge in [0, 0.05) is 0 Å². The van der Waals surface area contributed by atoms with Gasteiger partial charge in [-0.25, -0.2) is 0 Å². The molecular weight excluding hydrogens is 150 g/mol. The lowest BCUT2D eigenvalue weighted by Crippen LogP contribution is -2.47. The van der Waals surface area contributed by atoms with Gasteiger partial charge in [0.2, 0.25) is 0 Å². The van der Waals surface area contributed by atoms with Gasteiger partial charge in [-0.15, -0.1) is 0 Å². The maximum absolute atomic E-state index is 8.25. The summed E-state index contributed by atoms with van der Waals surface area (Å²) in [5.74, 6) is 0. The Kier molecular flexibility index (Phi) is 10.8. The van der Waals surface area contributed by atoms with Gasteiger partial charge < -0.3 is 9.59 Å². The Morgan fingerprint density at radius 1 is 0.833 bits per heavy atom. The van der Waals surface area contributed by atoms with Gasteiger partial charge in [-0.2, -0.15) is 7.11 Å². The van der Waals surface area contributed by atoms with Crippen molar-refractivity contribution in [3.05, 3.63) is 0 Å². The summed E-state index contributed by atoms with van der Waals surface area (Å²) in [6.45, 7) is 14.4. The van der Waals surface area contributed by atoms with Crippen LogP contribution >= 0.6 is 0 Å². The SMILES string of the molecule is CCC[N+](CC)(CC)CC.C[O-]. The molecular formula is C10H25NO. The molecule has 0 heterocycles. The first-order valence-corrected chi connectivity index (χ1v) is 5.00. The normalized spacial score (nSPS) is 10.5. The standard InChI is InChI=1S/C9H22N.CH3O/c1-5-9-10(6-2,7-3)8-4;1-2/h5-9H2,1-4H3;1H3/q+1;-1. The van der Waals surface area contributed by atoms with Gasteiger partial charge in [-0.05, 0) is 27.2 Å². The molecule has 0 aliphatic rings. The van der Waals surface area contributed by atoms with Crippen LogP contribution in [0.2, 0.25) is 0 Å². The molecule has 0 atom stereocenters. The Balaban J connectivity index is 0. The zero-order valence-electron chi connectivity index (χ0n) is 9.39. The molecule has 2 nitrogen and oxygen atoms in total. The highest BCUT2D eigenvalue weighted by Crippen LogP contribution is 2.06. The lowest BCUT2D eigenvalue weighted by molar-refractivity contribution is -0.923. The van der Waals surface area contributed by atoms with Crippen LogP contribution in [0, 0.1) is 0 Å². The van der Waals surface area contributed by atoms with E-state index in [0.29, 0.717) is 0 Å². The predicted molar refractivity (Wildman–Crippen MR) is 53.0 cm³/mol. The van der Waals surface area contributed by atoms with E-state index in [4.69, 9.17) is 5.11 Å². The first kappa shape index (κ1) is 14.4. The van der Waals surface area contributed by atoms with E-state index in [0.717, 1.165) is 7.11 Å². The second-order valence-electron chi connectivity index (χ2n) is 3.01. The Labute approximate surface area is 77.8 Å². The summed E-state index contributed by atoms with van der Waals surface area (Å²) < 4.78 is 1.30. The molecule has 0 bridgehead atoms. The second kappa shape index (κ2) is 9.01. The van der Waals surface area contributed by atoms with Crippen LogP contribution in [0.4, 0.5) is 0 Å². The summed E-state index contributed by atoms with van der Waals surface area (Å²) in [6, 6.07) is 0. The highest BCUT2D eigenvalue weighted by atomic mass is 16.2. The van der Waals surface area contributed by atoms with E-state index in [2.05, 4.69) is 27.7 Å². The van der Waals surface area contributed by atoms with Gasteiger partial charge in [0.05, 0.1) is 26.2 Å². The summed E-state index contributed by atoms with van der Waals surface area (Å²) in [5, 5.41) is 8.25. The molecule has 12 heavy (non-hydrogen) atoms. The number of nitrogens with zero attached hydrogens (tertiary/aromatic N) is 1. The van der Waals surface area contributed by atoms with Crippen molar-refractivity contribution in [3.8, 4) is 0 Å². The molecule has 0 rings (SSSR count). The molecule has 0 radical (unpaired) electrons. The van der Waals surface area contributed by atoms with Crippen molar-refractivity contribution in [2.24, 2.45) is 0 Å². The van der Waals surface area contributed by atoms with Crippen LogP contribution in [0.3, 0.4) is 0 Å². The van der Waals surface area contributed by atoms with Gasteiger partial charge in [-0.1, -0.05) is 6.92 Å². The van der Waals surface area contributed by atoms with Crippen molar-refractivity contribution in [2.45, 2.75) is 34.1 Å². The van der Waals surface area contributed by atoms with Crippen molar-refractivity contribution in [2.75, 3.05) is 33.3 Å². The lowest BCUT2D eigenvalue weighted by atomic mass is 10.3. The lowest BCUT2D eigenvalue weighted by Gasteiger charge is -2.35. The summed E-state index contributed by atoms with van der Waals surface area (Å²) >= 11 is 0. The summed E-state index contributed by atoms with van der Waals surface area (Å²) in [4.78, 5) is 0. The molecule has 0 unspecified atom stereocenters. The van der Waals surface area contributed by atoms with Crippen LogP contribution < -0.4 is 5.11 Å². The molecule has 0 N–H and O–H groups in total. The molecule has 0 aromatic carbocycles. The van der Waals surface area contributed by atoms with E-state index in [1.165, 1.54) is 37.1 Å². The second-order valence-corrected chi connectivity index (χ2v) is 3.01. The van der Waals surface area contributed by atoms with Crippen LogP contribution in [0.1, 0.15) is 34.1 Å². The number of rotatable bonds is 5. The maximum atomic E-state index is 8.25. The third-order valence-electron chi connectivity index (χ3n) is 2.71. The first-order valence-electron chi connectivity index (χ1n) is 5.00. The quantitative estimate of drug-likeness (QED) is 0.577. The third kappa shape index (κ3) is 4.73. The van der Waals surface area contributed by atoms with E-state index in [1.807, 2.05) is 0 Å². The number of hydrogen-bond acceptors (Lipinski definition) is 1. The van der Waals surface area contributed by atoms with Crippen LogP contribution in [0.5, 0.6) is 0 Å². The van der Waals surface area contributed by atoms with E-state index in [-0.39, 0.29) is 0 Å². The van der Waals surface area contributed by atoms with Crippen molar-refractivity contribution in [1.82, 2.24) is 0 Å². The zero-order valence-corrected chi connectivity index (χ0v) is 9.39. The van der Waals surface area contributed by atoms with Gasteiger partial charge in [0.1, 0.15) is 0 Å². The topological polar surface area (TPSA) is 23.1 Å². The molecule has 0 saturated heterocycles. The number of hydrogen-bond donors (Lipinski definition) is 0. The van der Waals surface area contributed by atoms with Crippen LogP contribution in [-0.4, -0.2) is 37.8 Å². The Bertz CT molecular complexity index is 71.6. The molecule has 0 amide bonds. The van der Waals surface area contributed by atoms with E-state index < -0.39 is 0 Å². The summed E-state index contributed by atoms with van der Waals surface area (Å²) in [5.41, 5.74) is 0. The van der Waals surface area contributed by atoms with Crippen molar-refractivity contribution >= 4 is 0 Å². The molecule has 0 aromatic rings. The molecule has 76 valence electrons. The minimum atomic E-state index is 0.750. The fraction of sp³-hybridized carbons (Fsp3) is 1.00. The maximum Gasteiger partial charge on any atom is 0.0783 e. The molecule has 0 spiro atoms. The minimum absolute atomic E-state index is 0.750. The summed E-state index contributed by atoms with van der Waals surface area (Å²) in [7, 11) is 0.750. The van der Waals surface area contributed by atoms with Crippen LogP contribution in [-0.2, 0) is 0 Å². The van der Waals surface area contributed by atoms with Crippen LogP contribution in [0.15, 0.2) is 0 Å². The fourth-order valence-electron chi connectivity index (χ4n) is 1.62. The molecule has 0 aromatic heterocycles. The molecule has 0 aliphatic heterocycles. The highest BCUT2D eigenvalue weighted by Gasteiger charge is 2.17. The fourth-order valence-corrected chi connectivity index (χ4v) is 1.62. The minimum Gasteiger partial charge on any atom is -0.857 e. The van der Waals surface area contributed by atoms with Crippen molar-refractivity contribution in [3.63, 3.8) is 0 Å². The first-order chi connectivity index (χ1) is 5.74. The third-order valence-corrected chi connectivity index (χ3v) is 2.71. The van der Waals surface area contributed by atoms with Gasteiger partial charge in [0.15, 0.2) is 0 Å². The highest BCUT2D eigenvalue weighted by molar-refractivity contribution is 4.35. The van der Waals surface area contributed by atoms with Gasteiger partial charge in [-0.3, -0.25) is 0 Å². The average molecular weight is 175 g/mol. The monoisotopic (exact) mass is 175 g/mol. The Hall–Kier alpha value is -0.0800. The zero-order chi connectivity index (χ0) is 10.0. The van der Waals surface area contributed by atoms with Gasteiger partial charge >= 0.3 is 0 Å². The molecule has 0 fully saturated rings. The molecule has 2 heteroatoms. The van der Waals surface area contributed by atoms with Crippen molar-refractivity contribution in [1.29, 1.82) is 0 Å². The van der Waals surface area contributed by atoms with E-state index in [9.17, 15) is 0 Å². The van der Waals surface area contributed by atoms with Crippen molar-refractivity contribution < 1.29 is 9.59 Å². The molecule has 0 saturated carbocycles. The average Bonchev–Trinajstić information content (AvgIpc) is 2.18. The largest absolute Gasteiger partial charge is 0.857 e.